The Morgan fingerprint density at radius 3 is 2.67 bits per heavy atom. The van der Waals surface area contributed by atoms with Gasteiger partial charge in [-0.2, -0.15) is 0 Å². The molecule has 1 aliphatic heterocycles. The Kier molecular flexibility index (Phi) is 5.03. The standard InChI is InChI=1S/C13H19N3O4S/c1-3-20-13(18)8-9(14)10(11(17)15-2)21-12(8)16-4-6-19-7-5-16/h3-7,14H2,1-2H3,(H,15,17). The van der Waals surface area contributed by atoms with E-state index in [1.165, 1.54) is 18.4 Å². The molecule has 7 nitrogen and oxygen atoms in total. The Balaban J connectivity index is 2.45. The van der Waals surface area contributed by atoms with Crippen molar-refractivity contribution in [3.63, 3.8) is 0 Å². The first-order chi connectivity index (χ1) is 10.1. The number of nitrogens with one attached hydrogen (secondary N) is 1. The van der Waals surface area contributed by atoms with E-state index in [1.54, 1.807) is 6.92 Å². The van der Waals surface area contributed by atoms with Crippen molar-refractivity contribution in [1.29, 1.82) is 0 Å². The van der Waals surface area contributed by atoms with Crippen molar-refractivity contribution in [2.45, 2.75) is 6.92 Å². The van der Waals surface area contributed by atoms with Crippen LogP contribution in [0.1, 0.15) is 27.0 Å². The largest absolute Gasteiger partial charge is 0.462 e. The first-order valence-corrected chi connectivity index (χ1v) is 7.55. The topological polar surface area (TPSA) is 93.9 Å². The summed E-state index contributed by atoms with van der Waals surface area (Å²) in [5.74, 6) is -0.801. The zero-order valence-corrected chi connectivity index (χ0v) is 12.9. The monoisotopic (exact) mass is 313 g/mol. The van der Waals surface area contributed by atoms with Gasteiger partial charge in [-0.3, -0.25) is 4.79 Å². The highest BCUT2D eigenvalue weighted by molar-refractivity contribution is 7.19. The van der Waals surface area contributed by atoms with Crippen LogP contribution in [0.4, 0.5) is 10.7 Å². The quantitative estimate of drug-likeness (QED) is 0.795. The Labute approximate surface area is 127 Å². The molecule has 1 fully saturated rings. The van der Waals surface area contributed by atoms with Crippen LogP contribution in [0, 0.1) is 0 Å². The van der Waals surface area contributed by atoms with Gasteiger partial charge in [-0.15, -0.1) is 11.3 Å². The molecule has 0 bridgehead atoms. The van der Waals surface area contributed by atoms with Gasteiger partial charge in [0.05, 0.1) is 25.5 Å². The van der Waals surface area contributed by atoms with E-state index >= 15 is 0 Å². The van der Waals surface area contributed by atoms with Crippen molar-refractivity contribution >= 4 is 33.9 Å². The number of hydrogen-bond donors (Lipinski definition) is 2. The molecule has 0 radical (unpaired) electrons. The molecule has 0 aliphatic carbocycles. The maximum atomic E-state index is 12.2. The van der Waals surface area contributed by atoms with Crippen molar-refractivity contribution in [3.8, 4) is 0 Å². The summed E-state index contributed by atoms with van der Waals surface area (Å²) in [5, 5.41) is 3.21. The number of anilines is 2. The number of nitrogens with two attached hydrogens (primary N) is 1. The maximum absolute atomic E-state index is 12.2. The average Bonchev–Trinajstić information content (AvgIpc) is 2.85. The number of morpholine rings is 1. The molecule has 1 amide bonds. The highest BCUT2D eigenvalue weighted by Gasteiger charge is 2.29. The summed E-state index contributed by atoms with van der Waals surface area (Å²) < 4.78 is 10.4. The molecule has 8 heteroatoms. The fourth-order valence-electron chi connectivity index (χ4n) is 2.10. The minimum Gasteiger partial charge on any atom is -0.462 e. The molecule has 0 spiro atoms. The minimum absolute atomic E-state index is 0.180. The van der Waals surface area contributed by atoms with Crippen LogP contribution >= 0.6 is 11.3 Å². The molecular weight excluding hydrogens is 294 g/mol. The lowest BCUT2D eigenvalue weighted by Crippen LogP contribution is -2.36. The Hall–Kier alpha value is -1.80. The zero-order valence-electron chi connectivity index (χ0n) is 12.1. The molecule has 21 heavy (non-hydrogen) atoms. The molecule has 2 heterocycles. The Morgan fingerprint density at radius 2 is 2.10 bits per heavy atom. The average molecular weight is 313 g/mol. The molecule has 3 N–H and O–H groups in total. The van der Waals surface area contributed by atoms with Crippen LogP contribution in [0.25, 0.3) is 0 Å². The van der Waals surface area contributed by atoms with Gasteiger partial charge in [0.15, 0.2) is 0 Å². The van der Waals surface area contributed by atoms with Gasteiger partial charge in [0, 0.05) is 20.1 Å². The number of hydrogen-bond acceptors (Lipinski definition) is 7. The second-order valence-electron chi connectivity index (χ2n) is 4.42. The van der Waals surface area contributed by atoms with Gasteiger partial charge in [-0.25, -0.2) is 4.79 Å². The maximum Gasteiger partial charge on any atom is 0.343 e. The first-order valence-electron chi connectivity index (χ1n) is 6.74. The number of nitrogen functional groups attached to an aromatic ring is 1. The van der Waals surface area contributed by atoms with Crippen molar-refractivity contribution in [2.24, 2.45) is 0 Å². The van der Waals surface area contributed by atoms with Crippen LogP contribution in [-0.2, 0) is 9.47 Å². The fraction of sp³-hybridized carbons (Fsp3) is 0.538. The van der Waals surface area contributed by atoms with Gasteiger partial charge in [-0.05, 0) is 6.92 Å². The third kappa shape index (κ3) is 3.11. The molecule has 1 aromatic rings. The summed E-state index contributed by atoms with van der Waals surface area (Å²) in [6.45, 7) is 4.45. The predicted molar refractivity (Wildman–Crippen MR) is 81.1 cm³/mol. The predicted octanol–water partition coefficient (Wildman–Crippen LogP) is 0.703. The van der Waals surface area contributed by atoms with E-state index < -0.39 is 5.97 Å². The molecule has 0 saturated carbocycles. The molecule has 1 aromatic heterocycles. The highest BCUT2D eigenvalue weighted by Crippen LogP contribution is 2.39. The van der Waals surface area contributed by atoms with E-state index in [0.717, 1.165) is 0 Å². The summed E-state index contributed by atoms with van der Waals surface area (Å²) in [6, 6.07) is 0. The van der Waals surface area contributed by atoms with Crippen molar-refractivity contribution in [3.05, 3.63) is 10.4 Å². The summed E-state index contributed by atoms with van der Waals surface area (Å²) in [5.41, 5.74) is 6.47. The minimum atomic E-state index is -0.497. The van der Waals surface area contributed by atoms with Gasteiger partial charge < -0.3 is 25.4 Å². The Morgan fingerprint density at radius 1 is 1.43 bits per heavy atom. The summed E-state index contributed by atoms with van der Waals surface area (Å²) in [7, 11) is 1.53. The first kappa shape index (κ1) is 15.6. The second kappa shape index (κ2) is 6.77. The lowest BCUT2D eigenvalue weighted by Gasteiger charge is -2.28. The lowest BCUT2D eigenvalue weighted by atomic mass is 10.2. The molecule has 0 aromatic carbocycles. The van der Waals surface area contributed by atoms with Crippen molar-refractivity contribution in [2.75, 3.05) is 50.6 Å². The number of nitrogens with zero attached hydrogens (tertiary/aromatic N) is 1. The lowest BCUT2D eigenvalue weighted by molar-refractivity contribution is 0.0528. The molecule has 2 rings (SSSR count). The van der Waals surface area contributed by atoms with E-state index in [1.807, 2.05) is 4.90 Å². The van der Waals surface area contributed by atoms with E-state index in [0.29, 0.717) is 36.2 Å². The van der Waals surface area contributed by atoms with Gasteiger partial charge >= 0.3 is 5.97 Å². The number of thiophene rings is 1. The van der Waals surface area contributed by atoms with Gasteiger partial charge in [-0.1, -0.05) is 0 Å². The molecule has 1 aliphatic rings. The molecule has 116 valence electrons. The number of rotatable bonds is 4. The normalized spacial score (nSPS) is 14.9. The van der Waals surface area contributed by atoms with Gasteiger partial charge in [0.1, 0.15) is 15.4 Å². The van der Waals surface area contributed by atoms with E-state index in [9.17, 15) is 9.59 Å². The van der Waals surface area contributed by atoms with Gasteiger partial charge in [0.2, 0.25) is 0 Å². The third-order valence-electron chi connectivity index (χ3n) is 3.14. The number of carbonyl (C=O) groups is 2. The third-order valence-corrected chi connectivity index (χ3v) is 4.40. The van der Waals surface area contributed by atoms with Crippen LogP contribution < -0.4 is 16.0 Å². The van der Waals surface area contributed by atoms with Crippen LogP contribution in [0.5, 0.6) is 0 Å². The number of amides is 1. The van der Waals surface area contributed by atoms with E-state index in [4.69, 9.17) is 15.2 Å². The Bertz CT molecular complexity index is 538. The highest BCUT2D eigenvalue weighted by atomic mass is 32.1. The van der Waals surface area contributed by atoms with Crippen LogP contribution in [0.2, 0.25) is 0 Å². The smallest absolute Gasteiger partial charge is 0.343 e. The number of ether oxygens (including phenoxy) is 2. The summed E-state index contributed by atoms with van der Waals surface area (Å²) >= 11 is 1.21. The number of esters is 1. The second-order valence-corrected chi connectivity index (χ2v) is 5.42. The van der Waals surface area contributed by atoms with Crippen molar-refractivity contribution in [1.82, 2.24) is 5.32 Å². The molecular formula is C13H19N3O4S. The number of carbonyl (C=O) groups excluding carboxylic acids is 2. The van der Waals surface area contributed by atoms with Crippen LogP contribution in [0.15, 0.2) is 0 Å². The summed E-state index contributed by atoms with van der Waals surface area (Å²) in [4.78, 5) is 26.4. The SMILES string of the molecule is CCOC(=O)c1c(N2CCOCC2)sc(C(=O)NC)c1N. The molecule has 1 saturated heterocycles. The fourth-order valence-corrected chi connectivity index (χ4v) is 3.31. The zero-order chi connectivity index (χ0) is 15.4. The van der Waals surface area contributed by atoms with E-state index in [-0.39, 0.29) is 23.8 Å². The molecule has 0 atom stereocenters. The molecule has 0 unspecified atom stereocenters. The van der Waals surface area contributed by atoms with Gasteiger partial charge in [0.25, 0.3) is 5.91 Å². The van der Waals surface area contributed by atoms with Crippen molar-refractivity contribution < 1.29 is 19.1 Å². The van der Waals surface area contributed by atoms with E-state index in [2.05, 4.69) is 5.32 Å². The summed E-state index contributed by atoms with van der Waals surface area (Å²) in [6.07, 6.45) is 0. The van der Waals surface area contributed by atoms with Crippen LogP contribution in [-0.4, -0.2) is 51.8 Å². The van der Waals surface area contributed by atoms with Crippen LogP contribution in [0.3, 0.4) is 0 Å².